The van der Waals surface area contributed by atoms with Crippen LogP contribution in [0.2, 0.25) is 0 Å². The van der Waals surface area contributed by atoms with E-state index in [0.29, 0.717) is 0 Å². The topological polar surface area (TPSA) is 24.1 Å². The summed E-state index contributed by atoms with van der Waals surface area (Å²) in [5.74, 6) is 2.33. The van der Waals surface area contributed by atoms with Crippen molar-refractivity contribution in [3.63, 3.8) is 0 Å². The Bertz CT molecular complexity index is 256. The first-order valence-electron chi connectivity index (χ1n) is 7.60. The van der Waals surface area contributed by atoms with Crippen LogP contribution in [-0.4, -0.2) is 33.2 Å². The van der Waals surface area contributed by atoms with Gasteiger partial charge in [0.2, 0.25) is 0 Å². The second-order valence-corrected chi connectivity index (χ2v) is 8.50. The van der Waals surface area contributed by atoms with E-state index in [9.17, 15) is 0 Å². The van der Waals surface area contributed by atoms with Gasteiger partial charge in [0.05, 0.1) is 0 Å². The van der Waals surface area contributed by atoms with Crippen LogP contribution in [0.1, 0.15) is 51.4 Å². The molecule has 0 saturated carbocycles. The summed E-state index contributed by atoms with van der Waals surface area (Å²) >= 11 is 14.2. The van der Waals surface area contributed by atoms with Gasteiger partial charge in [0.1, 0.15) is 8.64 Å². The quantitative estimate of drug-likeness (QED) is 0.631. The van der Waals surface area contributed by atoms with Crippen LogP contribution in [0, 0.1) is 0 Å². The van der Waals surface area contributed by atoms with Gasteiger partial charge < -0.3 is 10.6 Å². The van der Waals surface area contributed by atoms with E-state index in [1.165, 1.54) is 38.5 Å². The summed E-state index contributed by atoms with van der Waals surface area (Å²) in [6.45, 7) is 1.96. The summed E-state index contributed by atoms with van der Waals surface area (Å²) in [6, 6.07) is 0. The zero-order chi connectivity index (χ0) is 14.5. The molecule has 6 heteroatoms. The summed E-state index contributed by atoms with van der Waals surface area (Å²) in [7, 11) is 0. The van der Waals surface area contributed by atoms with Crippen molar-refractivity contribution in [1.82, 2.24) is 10.6 Å². The lowest BCUT2D eigenvalue weighted by atomic mass is 10.1. The van der Waals surface area contributed by atoms with E-state index in [0.717, 1.165) is 46.1 Å². The molecular weight excluding hydrogens is 324 g/mol. The molecule has 0 aromatic carbocycles. The third-order valence-electron chi connectivity index (χ3n) is 3.15. The van der Waals surface area contributed by atoms with Gasteiger partial charge in [-0.2, -0.15) is 0 Å². The number of hydrogen-bond donors (Lipinski definition) is 2. The second kappa shape index (κ2) is 13.2. The van der Waals surface area contributed by atoms with Crippen LogP contribution >= 0.6 is 48.0 Å². The third-order valence-corrected chi connectivity index (χ3v) is 5.94. The Morgan fingerprint density at radius 2 is 1.00 bits per heavy atom. The Labute approximate surface area is 143 Å². The lowest BCUT2D eigenvalue weighted by molar-refractivity contribution is 0.629. The highest BCUT2D eigenvalue weighted by Crippen LogP contribution is 2.13. The Balaban J connectivity index is 2.19. The number of rotatable bonds is 0. The van der Waals surface area contributed by atoms with Crippen LogP contribution in [-0.2, 0) is 0 Å². The summed E-state index contributed by atoms with van der Waals surface area (Å²) in [6.07, 6.45) is 10.2. The van der Waals surface area contributed by atoms with Crippen molar-refractivity contribution in [2.45, 2.75) is 51.4 Å². The molecule has 116 valence electrons. The van der Waals surface area contributed by atoms with E-state index in [1.807, 2.05) is 0 Å². The molecule has 2 nitrogen and oxygen atoms in total. The van der Waals surface area contributed by atoms with Crippen LogP contribution in [0.25, 0.3) is 0 Å². The summed E-state index contributed by atoms with van der Waals surface area (Å²) in [4.78, 5) is 0. The molecule has 1 aliphatic heterocycles. The highest BCUT2D eigenvalue weighted by Gasteiger charge is 2.00. The van der Waals surface area contributed by atoms with Crippen molar-refractivity contribution in [3.8, 4) is 0 Å². The number of thioether (sulfide) groups is 2. The molecule has 1 fully saturated rings. The Morgan fingerprint density at radius 1 is 0.600 bits per heavy atom. The van der Waals surface area contributed by atoms with Gasteiger partial charge in [0.15, 0.2) is 0 Å². The fourth-order valence-electron chi connectivity index (χ4n) is 1.97. The average Bonchev–Trinajstić information content (AvgIpc) is 2.43. The highest BCUT2D eigenvalue weighted by atomic mass is 32.2. The van der Waals surface area contributed by atoms with E-state index in [1.54, 1.807) is 23.5 Å². The summed E-state index contributed by atoms with van der Waals surface area (Å²) in [5, 5.41) is 6.65. The smallest absolute Gasteiger partial charge is 0.133 e. The monoisotopic (exact) mass is 350 g/mol. The van der Waals surface area contributed by atoms with Gasteiger partial charge in [-0.1, -0.05) is 73.6 Å². The van der Waals surface area contributed by atoms with Crippen LogP contribution in [0.15, 0.2) is 0 Å². The molecule has 20 heavy (non-hydrogen) atoms. The molecule has 1 heterocycles. The largest absolute Gasteiger partial charge is 0.371 e. The van der Waals surface area contributed by atoms with E-state index >= 15 is 0 Å². The predicted octanol–water partition coefficient (Wildman–Crippen LogP) is 4.34. The molecule has 0 unspecified atom stereocenters. The molecule has 0 aromatic heterocycles. The van der Waals surface area contributed by atoms with Crippen molar-refractivity contribution >= 4 is 56.6 Å². The molecule has 1 aliphatic rings. The minimum absolute atomic E-state index is 0.963. The van der Waals surface area contributed by atoms with Crippen molar-refractivity contribution in [2.75, 3.05) is 24.6 Å². The number of nitrogens with one attached hydrogen (secondary N) is 2. The van der Waals surface area contributed by atoms with Gasteiger partial charge in [-0.05, 0) is 25.7 Å². The molecule has 2 N–H and O–H groups in total. The van der Waals surface area contributed by atoms with Crippen LogP contribution in [0.3, 0.4) is 0 Å². The predicted molar refractivity (Wildman–Crippen MR) is 103 cm³/mol. The molecule has 0 atom stereocenters. The lowest BCUT2D eigenvalue weighted by Crippen LogP contribution is -2.23. The molecule has 0 aliphatic carbocycles. The first-order chi connectivity index (χ1) is 9.79. The average molecular weight is 351 g/mol. The minimum atomic E-state index is 0.963. The van der Waals surface area contributed by atoms with Crippen molar-refractivity contribution in [2.24, 2.45) is 0 Å². The fraction of sp³-hybridized carbons (Fsp3) is 0.857. The fourth-order valence-corrected chi connectivity index (χ4v) is 4.15. The first-order valence-corrected chi connectivity index (χ1v) is 10.4. The van der Waals surface area contributed by atoms with Gasteiger partial charge in [0, 0.05) is 24.6 Å². The SMILES string of the molecule is S=C1NCCCCNC(=S)SCCCCCCCCS1. The van der Waals surface area contributed by atoms with Crippen LogP contribution < -0.4 is 10.6 Å². The molecule has 0 bridgehead atoms. The van der Waals surface area contributed by atoms with E-state index < -0.39 is 0 Å². The Hall–Kier alpha value is 0.480. The third kappa shape index (κ3) is 11.2. The van der Waals surface area contributed by atoms with Crippen LogP contribution in [0.4, 0.5) is 0 Å². The van der Waals surface area contributed by atoms with Gasteiger partial charge >= 0.3 is 0 Å². The lowest BCUT2D eigenvalue weighted by Gasteiger charge is -2.10. The van der Waals surface area contributed by atoms with Crippen LogP contribution in [0.5, 0.6) is 0 Å². The Kier molecular flexibility index (Phi) is 12.2. The zero-order valence-corrected chi connectivity index (χ0v) is 15.4. The standard InChI is InChI=1S/C14H26N2S4/c17-13-15-9-5-6-10-16-14(18)20-12-8-4-2-1-3-7-11-19-13/h1-12H2,(H,15,17)(H,16,18). The molecule has 1 saturated heterocycles. The highest BCUT2D eigenvalue weighted by molar-refractivity contribution is 8.23. The maximum Gasteiger partial charge on any atom is 0.133 e. The molecule has 0 amide bonds. The van der Waals surface area contributed by atoms with E-state index in [-0.39, 0.29) is 0 Å². The number of hydrogen-bond acceptors (Lipinski definition) is 4. The normalized spacial score (nSPS) is 22.2. The minimum Gasteiger partial charge on any atom is -0.371 e. The van der Waals surface area contributed by atoms with Gasteiger partial charge in [0.25, 0.3) is 0 Å². The van der Waals surface area contributed by atoms with Crippen molar-refractivity contribution < 1.29 is 0 Å². The first kappa shape index (κ1) is 18.5. The zero-order valence-electron chi connectivity index (χ0n) is 12.1. The Morgan fingerprint density at radius 3 is 1.45 bits per heavy atom. The van der Waals surface area contributed by atoms with E-state index in [4.69, 9.17) is 24.4 Å². The summed E-state index contributed by atoms with van der Waals surface area (Å²) < 4.78 is 1.93. The van der Waals surface area contributed by atoms with Gasteiger partial charge in [-0.15, -0.1) is 0 Å². The molecule has 0 aromatic rings. The molecule has 0 radical (unpaired) electrons. The maximum atomic E-state index is 5.31. The maximum absolute atomic E-state index is 5.31. The van der Waals surface area contributed by atoms with Gasteiger partial charge in [-0.25, -0.2) is 0 Å². The second-order valence-electron chi connectivity index (χ2n) is 4.95. The molecule has 0 spiro atoms. The van der Waals surface area contributed by atoms with Crippen molar-refractivity contribution in [1.29, 1.82) is 0 Å². The van der Waals surface area contributed by atoms with E-state index in [2.05, 4.69) is 10.6 Å². The molecular formula is C14H26N2S4. The summed E-state index contributed by atoms with van der Waals surface area (Å²) in [5.41, 5.74) is 0. The number of thiocarbonyl (C=S) groups is 2. The van der Waals surface area contributed by atoms with Gasteiger partial charge in [-0.3, -0.25) is 0 Å². The molecule has 1 rings (SSSR count). The van der Waals surface area contributed by atoms with Crippen molar-refractivity contribution in [3.05, 3.63) is 0 Å².